The number of Topliss-reactive ketones (excluding diaryl/α,β-unsaturated/α-hetero) is 2. The van der Waals surface area contributed by atoms with E-state index in [1.807, 2.05) is 13.8 Å². The number of fused-ring (bicyclic) bond motifs is 3. The van der Waals surface area contributed by atoms with Crippen LogP contribution in [0.3, 0.4) is 0 Å². The quantitative estimate of drug-likeness (QED) is 0.509. The molecular formula is C20H20O8. The molecular weight excluding hydrogens is 368 g/mol. The Morgan fingerprint density at radius 3 is 2.46 bits per heavy atom. The van der Waals surface area contributed by atoms with Gasteiger partial charge in [0, 0.05) is 23.0 Å². The minimum absolute atomic E-state index is 0.113. The van der Waals surface area contributed by atoms with Crippen LogP contribution < -0.4 is 0 Å². The Morgan fingerprint density at radius 1 is 0.964 bits per heavy atom. The van der Waals surface area contributed by atoms with Gasteiger partial charge in [-0.1, -0.05) is 0 Å². The fourth-order valence-electron chi connectivity index (χ4n) is 6.86. The van der Waals surface area contributed by atoms with Crippen molar-refractivity contribution in [1.82, 2.24) is 0 Å². The summed E-state index contributed by atoms with van der Waals surface area (Å²) < 4.78 is 23.1. The van der Waals surface area contributed by atoms with E-state index in [4.69, 9.17) is 18.9 Å². The molecule has 28 heavy (non-hydrogen) atoms. The van der Waals surface area contributed by atoms with Crippen molar-refractivity contribution in [3.05, 3.63) is 23.0 Å². The highest BCUT2D eigenvalue weighted by Gasteiger charge is 2.78. The number of rotatable bonds is 0. The zero-order chi connectivity index (χ0) is 19.3. The zero-order valence-electron chi connectivity index (χ0n) is 15.3. The molecule has 12 atom stereocenters. The third-order valence-corrected chi connectivity index (χ3v) is 8.00. The van der Waals surface area contributed by atoms with Gasteiger partial charge in [0.1, 0.15) is 36.6 Å². The molecule has 3 aliphatic carbocycles. The summed E-state index contributed by atoms with van der Waals surface area (Å²) in [5.74, 6) is -1.05. The molecule has 0 aromatic heterocycles. The monoisotopic (exact) mass is 388 g/mol. The summed E-state index contributed by atoms with van der Waals surface area (Å²) in [6.45, 7) is 3.77. The molecule has 8 nitrogen and oxygen atoms in total. The number of hydrogen-bond donors (Lipinski definition) is 2. The highest BCUT2D eigenvalue weighted by Crippen LogP contribution is 2.67. The summed E-state index contributed by atoms with van der Waals surface area (Å²) in [6, 6.07) is 0. The summed E-state index contributed by atoms with van der Waals surface area (Å²) in [6.07, 6.45) is -4.40. The van der Waals surface area contributed by atoms with Gasteiger partial charge in [-0.15, -0.1) is 0 Å². The maximum atomic E-state index is 13.7. The van der Waals surface area contributed by atoms with Crippen molar-refractivity contribution in [3.63, 3.8) is 0 Å². The van der Waals surface area contributed by atoms with Gasteiger partial charge in [-0.3, -0.25) is 9.59 Å². The third kappa shape index (κ3) is 1.47. The number of ether oxygens (including phenoxy) is 4. The van der Waals surface area contributed by atoms with Crippen LogP contribution in [0.15, 0.2) is 23.0 Å². The summed E-state index contributed by atoms with van der Waals surface area (Å²) in [5, 5.41) is 21.8. The van der Waals surface area contributed by atoms with Gasteiger partial charge in [0.15, 0.2) is 11.6 Å². The highest BCUT2D eigenvalue weighted by atomic mass is 16.6. The normalized spacial score (nSPS) is 60.0. The molecule has 8 heteroatoms. The highest BCUT2D eigenvalue weighted by molar-refractivity contribution is 6.06. The average Bonchev–Trinajstić information content (AvgIpc) is 3.57. The lowest BCUT2D eigenvalue weighted by atomic mass is 9.45. The van der Waals surface area contributed by atoms with Crippen molar-refractivity contribution >= 4 is 11.6 Å². The van der Waals surface area contributed by atoms with Crippen molar-refractivity contribution in [2.24, 2.45) is 17.3 Å². The van der Waals surface area contributed by atoms with Crippen molar-refractivity contribution in [2.75, 3.05) is 0 Å². The minimum atomic E-state index is -1.19. The van der Waals surface area contributed by atoms with E-state index >= 15 is 0 Å². The van der Waals surface area contributed by atoms with E-state index in [1.54, 1.807) is 0 Å². The number of aliphatic hydroxyl groups is 2. The van der Waals surface area contributed by atoms with Gasteiger partial charge in [0.05, 0.1) is 30.0 Å². The van der Waals surface area contributed by atoms with Gasteiger partial charge in [0.2, 0.25) is 0 Å². The standard InChI is InChI=1S/C20H20O8/c1-4-7-8-9(13(23)16-15(27-16)12(8)22)19(26-4)20-6(3-25-5(2)10(7)20)11(21)14-17(28-14)18(20)24/h3-5,7,10-11,13-17,19,21,23H,1-2H3/t4-,5-,7+,10+,11-,13-,14+,15-,16+,17+,19-,20+/m0/s1. The Kier molecular flexibility index (Phi) is 2.67. The Balaban J connectivity index is 1.52. The van der Waals surface area contributed by atoms with Crippen LogP contribution in [-0.2, 0) is 28.5 Å². The molecule has 1 spiro atoms. The molecule has 8 aliphatic rings. The fraction of sp³-hybridized carbons (Fsp3) is 0.700. The lowest BCUT2D eigenvalue weighted by molar-refractivity contribution is -0.210. The molecule has 1 saturated carbocycles. The summed E-state index contributed by atoms with van der Waals surface area (Å²) in [5.41, 5.74) is 0.269. The topological polar surface area (TPSA) is 118 Å². The van der Waals surface area contributed by atoms with Gasteiger partial charge < -0.3 is 29.2 Å². The number of aliphatic hydroxyl groups excluding tert-OH is 2. The molecule has 4 fully saturated rings. The molecule has 0 amide bonds. The first-order valence-corrected chi connectivity index (χ1v) is 9.90. The van der Waals surface area contributed by atoms with Gasteiger partial charge in [-0.25, -0.2) is 0 Å². The molecule has 5 aliphatic heterocycles. The first-order chi connectivity index (χ1) is 13.4. The van der Waals surface area contributed by atoms with Gasteiger partial charge >= 0.3 is 0 Å². The number of carbonyl (C=O) groups is 2. The molecule has 0 radical (unpaired) electrons. The largest absolute Gasteiger partial charge is 0.498 e. The SMILES string of the molecule is C[C@@H]1O[C@H]2C3=C(C(=O)[C@@H]4O[C@@H]4[C@H]3O)[C@@H]1[C@H]1[C@H](C)OC=C3[C@H](O)[C@H]4O[C@H]4C(=O)[C@@]312. The molecule has 5 heterocycles. The molecule has 2 bridgehead atoms. The minimum Gasteiger partial charge on any atom is -0.498 e. The third-order valence-electron chi connectivity index (χ3n) is 8.00. The predicted molar refractivity (Wildman–Crippen MR) is 88.8 cm³/mol. The molecule has 8 rings (SSSR count). The van der Waals surface area contributed by atoms with Gasteiger partial charge in [0.25, 0.3) is 0 Å². The van der Waals surface area contributed by atoms with Crippen LogP contribution in [0.4, 0.5) is 0 Å². The van der Waals surface area contributed by atoms with E-state index in [2.05, 4.69) is 0 Å². The first-order valence-electron chi connectivity index (χ1n) is 9.90. The second-order valence-electron chi connectivity index (χ2n) is 9.09. The van der Waals surface area contributed by atoms with Crippen molar-refractivity contribution in [1.29, 1.82) is 0 Å². The molecule has 0 unspecified atom stereocenters. The lowest BCUT2D eigenvalue weighted by Crippen LogP contribution is -2.72. The van der Waals surface area contributed by atoms with Crippen LogP contribution in [-0.4, -0.2) is 76.7 Å². The van der Waals surface area contributed by atoms with Crippen LogP contribution in [0.25, 0.3) is 0 Å². The van der Waals surface area contributed by atoms with Crippen LogP contribution in [0.5, 0.6) is 0 Å². The van der Waals surface area contributed by atoms with Crippen molar-refractivity contribution < 1.29 is 38.7 Å². The summed E-state index contributed by atoms with van der Waals surface area (Å²) in [7, 11) is 0. The van der Waals surface area contributed by atoms with E-state index in [-0.39, 0.29) is 29.7 Å². The smallest absolute Gasteiger partial charge is 0.190 e. The number of epoxide rings is 2. The molecule has 3 saturated heterocycles. The van der Waals surface area contributed by atoms with Gasteiger partial charge in [-0.05, 0) is 19.4 Å². The van der Waals surface area contributed by atoms with E-state index in [1.165, 1.54) is 6.26 Å². The van der Waals surface area contributed by atoms with Gasteiger partial charge in [-0.2, -0.15) is 0 Å². The predicted octanol–water partition coefficient (Wildman–Crippen LogP) is -0.973. The fourth-order valence-corrected chi connectivity index (χ4v) is 6.86. The Hall–Kier alpha value is -1.58. The maximum absolute atomic E-state index is 13.7. The Bertz CT molecular complexity index is 921. The van der Waals surface area contributed by atoms with E-state index in [0.29, 0.717) is 16.7 Å². The van der Waals surface area contributed by atoms with E-state index < -0.39 is 54.1 Å². The Morgan fingerprint density at radius 2 is 1.68 bits per heavy atom. The molecule has 0 aromatic carbocycles. The zero-order valence-corrected chi connectivity index (χ0v) is 15.3. The second kappa shape index (κ2) is 4.60. The van der Waals surface area contributed by atoms with Crippen LogP contribution >= 0.6 is 0 Å². The van der Waals surface area contributed by atoms with Crippen LogP contribution in [0.2, 0.25) is 0 Å². The van der Waals surface area contributed by atoms with E-state index in [9.17, 15) is 19.8 Å². The lowest BCUT2D eigenvalue weighted by Gasteiger charge is -2.63. The maximum Gasteiger partial charge on any atom is 0.190 e. The molecule has 2 N–H and O–H groups in total. The molecule has 148 valence electrons. The van der Waals surface area contributed by atoms with E-state index in [0.717, 1.165) is 0 Å². The number of hydrogen-bond acceptors (Lipinski definition) is 8. The van der Waals surface area contributed by atoms with Crippen LogP contribution in [0.1, 0.15) is 13.8 Å². The second-order valence-corrected chi connectivity index (χ2v) is 9.09. The summed E-state index contributed by atoms with van der Waals surface area (Å²) >= 11 is 0. The number of carbonyl (C=O) groups excluding carboxylic acids is 2. The van der Waals surface area contributed by atoms with Crippen molar-refractivity contribution in [3.8, 4) is 0 Å². The Labute approximate surface area is 160 Å². The summed E-state index contributed by atoms with van der Waals surface area (Å²) in [4.78, 5) is 26.7. The number of ketones is 2. The van der Waals surface area contributed by atoms with Crippen LogP contribution in [0, 0.1) is 17.3 Å². The van der Waals surface area contributed by atoms with Crippen molar-refractivity contribution in [2.45, 2.75) is 68.8 Å². The first kappa shape index (κ1) is 16.2. The molecule has 0 aromatic rings. The average molecular weight is 388 g/mol.